The minimum absolute atomic E-state index is 0.244. The number of aromatic nitrogens is 2. The van der Waals surface area contributed by atoms with Gasteiger partial charge in [-0.2, -0.15) is 0 Å². The number of ether oxygens (including phenoxy) is 1. The Kier molecular flexibility index (Phi) is 5.51. The molecule has 0 saturated carbocycles. The predicted molar refractivity (Wildman–Crippen MR) is 102 cm³/mol. The third kappa shape index (κ3) is 3.98. The molecule has 0 spiro atoms. The number of Topliss-reactive ketones (excluding diaryl/α,β-unsaturated/α-hetero) is 1. The first-order valence-electron chi connectivity index (χ1n) is 8.13. The van der Waals surface area contributed by atoms with Crippen LogP contribution in [0.3, 0.4) is 0 Å². The Morgan fingerprint density at radius 3 is 2.63 bits per heavy atom. The average Bonchev–Trinajstić information content (AvgIpc) is 2.94. The summed E-state index contributed by atoms with van der Waals surface area (Å²) in [5.74, 6) is -1.38. The number of para-hydroxylation sites is 1. The second-order valence-corrected chi connectivity index (χ2v) is 6.88. The van der Waals surface area contributed by atoms with Crippen molar-refractivity contribution in [3.05, 3.63) is 81.6 Å². The maximum atomic E-state index is 14.1. The molecule has 0 aliphatic heterocycles. The summed E-state index contributed by atoms with van der Waals surface area (Å²) in [6.07, 6.45) is 2.90. The van der Waals surface area contributed by atoms with Crippen LogP contribution in [0.4, 0.5) is 4.39 Å². The van der Waals surface area contributed by atoms with E-state index in [-0.39, 0.29) is 17.2 Å². The summed E-state index contributed by atoms with van der Waals surface area (Å²) in [7, 11) is 0. The van der Waals surface area contributed by atoms with Crippen LogP contribution < -0.4 is 0 Å². The molecule has 0 aliphatic carbocycles. The number of pyridine rings is 1. The van der Waals surface area contributed by atoms with Gasteiger partial charge in [0.1, 0.15) is 5.82 Å². The number of carbonyl (C=O) groups excluding carboxylic acids is 2. The van der Waals surface area contributed by atoms with Gasteiger partial charge in [-0.05, 0) is 54.0 Å². The number of hydrogen-bond acceptors (Lipinski definition) is 4. The highest BCUT2D eigenvalue weighted by atomic mass is 79.9. The Hall–Kier alpha value is -2.80. The van der Waals surface area contributed by atoms with Gasteiger partial charge in [-0.15, -0.1) is 0 Å². The molecule has 0 N–H and O–H groups in total. The SMILES string of the molecule is Cc1cc(C(=O)COC(=O)c2cncc(Br)c2)c(C)n1-c1ccccc1F. The van der Waals surface area contributed by atoms with E-state index in [4.69, 9.17) is 4.74 Å². The first kappa shape index (κ1) is 19.0. The first-order valence-corrected chi connectivity index (χ1v) is 8.92. The van der Waals surface area contributed by atoms with Gasteiger partial charge in [0.15, 0.2) is 6.61 Å². The fourth-order valence-electron chi connectivity index (χ4n) is 2.86. The number of rotatable bonds is 5. The van der Waals surface area contributed by atoms with Gasteiger partial charge >= 0.3 is 5.97 Å². The zero-order valence-electron chi connectivity index (χ0n) is 14.7. The summed E-state index contributed by atoms with van der Waals surface area (Å²) >= 11 is 3.22. The van der Waals surface area contributed by atoms with Gasteiger partial charge in [-0.25, -0.2) is 9.18 Å². The van der Waals surface area contributed by atoms with Crippen molar-refractivity contribution < 1.29 is 18.7 Å². The molecule has 0 radical (unpaired) electrons. The second-order valence-electron chi connectivity index (χ2n) is 5.96. The second kappa shape index (κ2) is 7.84. The van der Waals surface area contributed by atoms with Crippen LogP contribution in [-0.4, -0.2) is 27.9 Å². The van der Waals surface area contributed by atoms with Crippen molar-refractivity contribution in [2.24, 2.45) is 0 Å². The normalized spacial score (nSPS) is 10.7. The average molecular weight is 431 g/mol. The van der Waals surface area contributed by atoms with Crippen LogP contribution in [0.15, 0.2) is 53.3 Å². The summed E-state index contributed by atoms with van der Waals surface area (Å²) in [6.45, 7) is 3.11. The molecular weight excluding hydrogens is 415 g/mol. The molecule has 5 nitrogen and oxygen atoms in total. The summed E-state index contributed by atoms with van der Waals surface area (Å²) < 4.78 is 21.5. The quantitative estimate of drug-likeness (QED) is 0.443. The van der Waals surface area contributed by atoms with Crippen molar-refractivity contribution in [1.29, 1.82) is 0 Å². The van der Waals surface area contributed by atoms with E-state index in [0.29, 0.717) is 27.1 Å². The molecule has 2 heterocycles. The van der Waals surface area contributed by atoms with Crippen LogP contribution in [0.2, 0.25) is 0 Å². The zero-order valence-corrected chi connectivity index (χ0v) is 16.3. The lowest BCUT2D eigenvalue weighted by Gasteiger charge is -2.11. The van der Waals surface area contributed by atoms with Crippen molar-refractivity contribution in [2.75, 3.05) is 6.61 Å². The molecule has 27 heavy (non-hydrogen) atoms. The third-order valence-corrected chi connectivity index (χ3v) is 4.53. The molecule has 0 bridgehead atoms. The van der Waals surface area contributed by atoms with Crippen molar-refractivity contribution in [1.82, 2.24) is 9.55 Å². The van der Waals surface area contributed by atoms with Crippen LogP contribution >= 0.6 is 15.9 Å². The molecule has 3 rings (SSSR count). The molecule has 1 aromatic carbocycles. The van der Waals surface area contributed by atoms with E-state index < -0.39 is 12.6 Å². The molecule has 2 aromatic heterocycles. The number of hydrogen-bond donors (Lipinski definition) is 0. The summed E-state index contributed by atoms with van der Waals surface area (Å²) in [5.41, 5.74) is 2.29. The summed E-state index contributed by atoms with van der Waals surface area (Å²) in [5, 5.41) is 0. The molecule has 0 atom stereocenters. The predicted octanol–water partition coefficient (Wildman–Crippen LogP) is 4.43. The number of esters is 1. The van der Waals surface area contributed by atoms with Gasteiger partial charge in [-0.3, -0.25) is 9.78 Å². The van der Waals surface area contributed by atoms with Gasteiger partial charge in [0.05, 0.1) is 11.3 Å². The van der Waals surface area contributed by atoms with Crippen LogP contribution in [0, 0.1) is 19.7 Å². The smallest absolute Gasteiger partial charge is 0.340 e. The standard InChI is InChI=1S/C20H16BrFN2O3/c1-12-7-16(13(2)24(12)18-6-4-3-5-17(18)22)19(25)11-27-20(26)14-8-15(21)10-23-9-14/h3-10H,11H2,1-2H3. The highest BCUT2D eigenvalue weighted by molar-refractivity contribution is 9.10. The molecular formula is C20H16BrFN2O3. The molecule has 7 heteroatoms. The van der Waals surface area contributed by atoms with Crippen molar-refractivity contribution in [3.63, 3.8) is 0 Å². The molecule has 0 saturated heterocycles. The lowest BCUT2D eigenvalue weighted by Crippen LogP contribution is -2.15. The number of carbonyl (C=O) groups is 2. The maximum Gasteiger partial charge on any atom is 0.340 e. The van der Waals surface area contributed by atoms with E-state index in [0.717, 1.165) is 0 Å². The van der Waals surface area contributed by atoms with Gasteiger partial charge in [0.25, 0.3) is 0 Å². The van der Waals surface area contributed by atoms with Crippen molar-refractivity contribution >= 4 is 27.7 Å². The fourth-order valence-corrected chi connectivity index (χ4v) is 3.23. The van der Waals surface area contributed by atoms with Gasteiger partial charge in [0, 0.05) is 33.8 Å². The number of halogens is 2. The van der Waals surface area contributed by atoms with Crippen LogP contribution in [-0.2, 0) is 4.74 Å². The molecule has 0 unspecified atom stereocenters. The largest absolute Gasteiger partial charge is 0.454 e. The van der Waals surface area contributed by atoms with Gasteiger partial charge < -0.3 is 9.30 Å². The third-order valence-electron chi connectivity index (χ3n) is 4.10. The number of aryl methyl sites for hydroxylation is 1. The minimum Gasteiger partial charge on any atom is -0.454 e. The van der Waals surface area contributed by atoms with Crippen LogP contribution in [0.25, 0.3) is 5.69 Å². The zero-order chi connectivity index (χ0) is 19.6. The molecule has 0 fully saturated rings. The van der Waals surface area contributed by atoms with Crippen molar-refractivity contribution in [3.8, 4) is 5.69 Å². The monoisotopic (exact) mass is 430 g/mol. The Bertz CT molecular complexity index is 1030. The topological polar surface area (TPSA) is 61.2 Å². The van der Waals surface area contributed by atoms with Crippen LogP contribution in [0.1, 0.15) is 32.1 Å². The summed E-state index contributed by atoms with van der Waals surface area (Å²) in [6, 6.07) is 9.57. The number of benzene rings is 1. The van der Waals surface area contributed by atoms with Gasteiger partial charge in [-0.1, -0.05) is 12.1 Å². The minimum atomic E-state index is -0.639. The molecule has 0 amide bonds. The first-order chi connectivity index (χ1) is 12.9. The van der Waals surface area contributed by atoms with E-state index in [9.17, 15) is 14.0 Å². The van der Waals surface area contributed by atoms with E-state index in [2.05, 4.69) is 20.9 Å². The number of nitrogens with zero attached hydrogens (tertiary/aromatic N) is 2. The summed E-state index contributed by atoms with van der Waals surface area (Å²) in [4.78, 5) is 28.5. The van der Waals surface area contributed by atoms with E-state index in [1.165, 1.54) is 12.3 Å². The fraction of sp³-hybridized carbons (Fsp3) is 0.150. The lowest BCUT2D eigenvalue weighted by atomic mass is 10.1. The Morgan fingerprint density at radius 2 is 1.93 bits per heavy atom. The molecule has 3 aromatic rings. The van der Waals surface area contributed by atoms with E-state index in [1.54, 1.807) is 54.9 Å². The number of ketones is 1. The Balaban J connectivity index is 1.79. The lowest BCUT2D eigenvalue weighted by molar-refractivity contribution is 0.0474. The maximum absolute atomic E-state index is 14.1. The van der Waals surface area contributed by atoms with Gasteiger partial charge in [0.2, 0.25) is 5.78 Å². The molecule has 138 valence electrons. The van der Waals surface area contributed by atoms with Crippen molar-refractivity contribution in [2.45, 2.75) is 13.8 Å². The Labute approximate surface area is 163 Å². The van der Waals surface area contributed by atoms with Crippen LogP contribution in [0.5, 0.6) is 0 Å². The van der Waals surface area contributed by atoms with E-state index in [1.807, 2.05) is 0 Å². The molecule has 0 aliphatic rings. The van der Waals surface area contributed by atoms with E-state index >= 15 is 0 Å². The Morgan fingerprint density at radius 1 is 1.19 bits per heavy atom. The highest BCUT2D eigenvalue weighted by Gasteiger charge is 2.20. The highest BCUT2D eigenvalue weighted by Crippen LogP contribution is 2.23.